The van der Waals surface area contributed by atoms with Crippen LogP contribution in [0.1, 0.15) is 53.7 Å². The molecule has 0 aliphatic rings. The Morgan fingerprint density at radius 2 is 1.57 bits per heavy atom. The Bertz CT molecular complexity index is 1830. The lowest BCUT2D eigenvalue weighted by Gasteiger charge is -2.19. The predicted molar refractivity (Wildman–Crippen MR) is 180 cm³/mol. The van der Waals surface area contributed by atoms with Crippen molar-refractivity contribution in [1.82, 2.24) is 15.6 Å². The van der Waals surface area contributed by atoms with Gasteiger partial charge in [0.2, 0.25) is 5.56 Å². The van der Waals surface area contributed by atoms with Crippen LogP contribution in [-0.4, -0.2) is 46.1 Å². The summed E-state index contributed by atoms with van der Waals surface area (Å²) in [5.41, 5.74) is 3.22. The van der Waals surface area contributed by atoms with E-state index < -0.39 is 18.2 Å². The summed E-state index contributed by atoms with van der Waals surface area (Å²) in [6, 6.07) is 30.2. The van der Waals surface area contributed by atoms with Gasteiger partial charge in [0.05, 0.1) is 24.3 Å². The summed E-state index contributed by atoms with van der Waals surface area (Å²) in [6.07, 6.45) is 0.857. The van der Waals surface area contributed by atoms with E-state index in [1.807, 2.05) is 78.9 Å². The van der Waals surface area contributed by atoms with Gasteiger partial charge in [0.15, 0.2) is 0 Å². The van der Waals surface area contributed by atoms with Gasteiger partial charge in [0.25, 0.3) is 0 Å². The maximum absolute atomic E-state index is 11.6. The first-order valence-corrected chi connectivity index (χ1v) is 15.6. The number of benzene rings is 4. The van der Waals surface area contributed by atoms with Gasteiger partial charge in [0, 0.05) is 18.0 Å². The second-order valence-electron chi connectivity index (χ2n) is 11.2. The molecule has 0 aliphatic carbocycles. The first-order valence-electron chi connectivity index (χ1n) is 15.6. The zero-order valence-electron chi connectivity index (χ0n) is 25.9. The molecular weight excluding hydrogens is 598 g/mol. The standard InChI is InChI=1S/C37H39N3O7/c41-32-17-15-30(31-16-18-34(43)39-36(31)32)33(42)23-38-19-5-2-6-20-46-28-13-7-9-25(21-28)24-47-29-14-8-12-27(22-29)35(40-37(44)45)26-10-3-1-4-11-26/h1,3-4,7-18,21-22,33,35,38,40-42H,2,5-6,19-20,23-24H2,(H,39,43)(H,44,45)/t33-,35?/m0/s1. The number of hydrogen-bond acceptors (Lipinski definition) is 7. The van der Waals surface area contributed by atoms with Crippen molar-refractivity contribution < 1.29 is 29.6 Å². The van der Waals surface area contributed by atoms with E-state index in [9.17, 15) is 24.9 Å². The van der Waals surface area contributed by atoms with Crippen LogP contribution in [0.3, 0.4) is 0 Å². The first-order chi connectivity index (χ1) is 22.9. The quantitative estimate of drug-likeness (QED) is 0.0716. The highest BCUT2D eigenvalue weighted by Gasteiger charge is 2.17. The Kier molecular flexibility index (Phi) is 11.5. The number of phenols is 1. The summed E-state index contributed by atoms with van der Waals surface area (Å²) in [5.74, 6) is 1.37. The van der Waals surface area contributed by atoms with Crippen molar-refractivity contribution in [1.29, 1.82) is 0 Å². The summed E-state index contributed by atoms with van der Waals surface area (Å²) >= 11 is 0. The van der Waals surface area contributed by atoms with Crippen molar-refractivity contribution in [3.8, 4) is 17.2 Å². The number of hydrogen-bond donors (Lipinski definition) is 6. The number of carboxylic acid groups (broad SMARTS) is 1. The van der Waals surface area contributed by atoms with Crippen LogP contribution in [0.4, 0.5) is 4.79 Å². The van der Waals surface area contributed by atoms with E-state index in [0.29, 0.717) is 42.0 Å². The molecule has 0 aliphatic heterocycles. The molecule has 10 nitrogen and oxygen atoms in total. The van der Waals surface area contributed by atoms with Crippen LogP contribution in [0.5, 0.6) is 17.2 Å². The van der Waals surface area contributed by atoms with Crippen LogP contribution in [0.25, 0.3) is 10.9 Å². The minimum absolute atomic E-state index is 0.0312. The van der Waals surface area contributed by atoms with Gasteiger partial charge in [-0.15, -0.1) is 0 Å². The third kappa shape index (κ3) is 9.35. The highest BCUT2D eigenvalue weighted by Crippen LogP contribution is 2.29. The number of nitrogens with one attached hydrogen (secondary N) is 3. The highest BCUT2D eigenvalue weighted by molar-refractivity contribution is 5.87. The summed E-state index contributed by atoms with van der Waals surface area (Å²) in [5, 5.41) is 36.6. The molecule has 1 heterocycles. The molecule has 6 N–H and O–H groups in total. The number of fused-ring (bicyclic) bond motifs is 1. The average molecular weight is 638 g/mol. The number of aliphatic hydroxyl groups is 1. The molecule has 47 heavy (non-hydrogen) atoms. The Labute approximate surface area is 272 Å². The third-order valence-electron chi connectivity index (χ3n) is 7.77. The lowest BCUT2D eigenvalue weighted by molar-refractivity contribution is 0.176. The fourth-order valence-corrected chi connectivity index (χ4v) is 5.42. The molecule has 0 radical (unpaired) electrons. The number of rotatable bonds is 16. The minimum atomic E-state index is -1.10. The van der Waals surface area contributed by atoms with Crippen LogP contribution in [-0.2, 0) is 6.61 Å². The lowest BCUT2D eigenvalue weighted by atomic mass is 9.98. The smallest absolute Gasteiger partial charge is 0.405 e. The number of amides is 1. The van der Waals surface area contributed by atoms with Crippen LogP contribution < -0.4 is 25.7 Å². The molecule has 0 saturated carbocycles. The number of aromatic nitrogens is 1. The Hall–Kier alpha value is -5.32. The van der Waals surface area contributed by atoms with Crippen molar-refractivity contribution in [2.45, 2.75) is 38.0 Å². The van der Waals surface area contributed by atoms with Gasteiger partial charge in [-0.25, -0.2) is 4.79 Å². The van der Waals surface area contributed by atoms with Crippen molar-refractivity contribution in [3.63, 3.8) is 0 Å². The average Bonchev–Trinajstić information content (AvgIpc) is 3.08. The maximum atomic E-state index is 11.6. The van der Waals surface area contributed by atoms with E-state index in [0.717, 1.165) is 48.2 Å². The molecule has 0 bridgehead atoms. The van der Waals surface area contributed by atoms with E-state index in [1.54, 1.807) is 12.1 Å². The molecule has 0 saturated heterocycles. The van der Waals surface area contributed by atoms with Crippen LogP contribution in [0.15, 0.2) is 108 Å². The van der Waals surface area contributed by atoms with Gasteiger partial charge in [-0.3, -0.25) is 4.79 Å². The van der Waals surface area contributed by atoms with Crippen LogP contribution in [0.2, 0.25) is 0 Å². The summed E-state index contributed by atoms with van der Waals surface area (Å²) in [4.78, 5) is 25.7. The van der Waals surface area contributed by atoms with Gasteiger partial charge in [-0.05, 0) is 84.5 Å². The number of carbonyl (C=O) groups is 1. The van der Waals surface area contributed by atoms with Crippen molar-refractivity contribution in [3.05, 3.63) is 136 Å². The molecule has 5 aromatic rings. The van der Waals surface area contributed by atoms with Gasteiger partial charge in [0.1, 0.15) is 23.9 Å². The number of aromatic hydroxyl groups is 1. The molecule has 4 aromatic carbocycles. The Morgan fingerprint density at radius 1 is 0.809 bits per heavy atom. The molecule has 244 valence electrons. The summed E-state index contributed by atoms with van der Waals surface area (Å²) in [7, 11) is 0. The van der Waals surface area contributed by atoms with Gasteiger partial charge in [-0.1, -0.05) is 60.7 Å². The van der Waals surface area contributed by atoms with Crippen molar-refractivity contribution in [2.75, 3.05) is 19.7 Å². The van der Waals surface area contributed by atoms with Crippen LogP contribution in [0, 0.1) is 0 Å². The minimum Gasteiger partial charge on any atom is -0.506 e. The molecule has 1 aromatic heterocycles. The van der Waals surface area contributed by atoms with Gasteiger partial charge >= 0.3 is 6.09 Å². The van der Waals surface area contributed by atoms with Crippen molar-refractivity contribution in [2.24, 2.45) is 0 Å². The van der Waals surface area contributed by atoms with Crippen LogP contribution >= 0.6 is 0 Å². The number of pyridine rings is 1. The first kappa shape index (κ1) is 33.1. The highest BCUT2D eigenvalue weighted by atomic mass is 16.5. The normalized spacial score (nSPS) is 12.4. The zero-order valence-corrected chi connectivity index (χ0v) is 25.9. The Morgan fingerprint density at radius 3 is 2.38 bits per heavy atom. The second-order valence-corrected chi connectivity index (χ2v) is 11.2. The van der Waals surface area contributed by atoms with E-state index in [2.05, 4.69) is 15.6 Å². The number of H-pyrrole nitrogens is 1. The van der Waals surface area contributed by atoms with Gasteiger partial charge < -0.3 is 40.4 Å². The van der Waals surface area contributed by atoms with E-state index in [4.69, 9.17) is 9.47 Å². The molecule has 10 heteroatoms. The third-order valence-corrected chi connectivity index (χ3v) is 7.77. The summed E-state index contributed by atoms with van der Waals surface area (Å²) < 4.78 is 12.0. The van der Waals surface area contributed by atoms with E-state index in [-0.39, 0.29) is 11.3 Å². The number of phenolic OH excluding ortho intramolecular Hbond substituents is 1. The largest absolute Gasteiger partial charge is 0.506 e. The summed E-state index contributed by atoms with van der Waals surface area (Å²) in [6.45, 7) is 1.99. The molecule has 1 amide bonds. The Balaban J connectivity index is 1.03. The molecule has 2 atom stereocenters. The monoisotopic (exact) mass is 637 g/mol. The molecule has 1 unspecified atom stereocenters. The molecule has 5 rings (SSSR count). The lowest BCUT2D eigenvalue weighted by Crippen LogP contribution is -2.27. The second kappa shape index (κ2) is 16.3. The zero-order chi connectivity index (χ0) is 33.0. The number of aliphatic hydroxyl groups excluding tert-OH is 1. The van der Waals surface area contributed by atoms with E-state index >= 15 is 0 Å². The predicted octanol–water partition coefficient (Wildman–Crippen LogP) is 6.04. The number of ether oxygens (including phenoxy) is 2. The topological polar surface area (TPSA) is 153 Å². The number of unbranched alkanes of at least 4 members (excludes halogenated alkanes) is 2. The van der Waals surface area contributed by atoms with E-state index in [1.165, 1.54) is 12.1 Å². The SMILES string of the molecule is O=C(O)NC(c1ccccc1)c1cccc(OCc2cccc(OCCCCCNC[C@H](O)c3ccc(O)c4[nH]c(=O)ccc34)c2)c1. The maximum Gasteiger partial charge on any atom is 0.405 e. The van der Waals surface area contributed by atoms with Crippen molar-refractivity contribution >= 4 is 17.0 Å². The van der Waals surface area contributed by atoms with Gasteiger partial charge in [-0.2, -0.15) is 0 Å². The number of aromatic amines is 1. The molecule has 0 fully saturated rings. The fourth-order valence-electron chi connectivity index (χ4n) is 5.42. The molecule has 0 spiro atoms. The molecular formula is C37H39N3O7. The fraction of sp³-hybridized carbons (Fsp3) is 0.243.